The number of benzene rings is 2. The van der Waals surface area contributed by atoms with E-state index in [1.165, 1.54) is 27.4 Å². The summed E-state index contributed by atoms with van der Waals surface area (Å²) >= 11 is 11.7. The second-order valence-corrected chi connectivity index (χ2v) is 15.8. The van der Waals surface area contributed by atoms with Crippen LogP contribution in [0.5, 0.6) is 0 Å². The van der Waals surface area contributed by atoms with Gasteiger partial charge in [-0.15, -0.1) is 0 Å². The first kappa shape index (κ1) is 41.1. The summed E-state index contributed by atoms with van der Waals surface area (Å²) < 4.78 is 7.38. The fraction of sp³-hybridized carbons (Fsp3) is 0.227. The molecule has 0 radical (unpaired) electrons. The van der Waals surface area contributed by atoms with Crippen LogP contribution in [0.15, 0.2) is 122 Å². The largest absolute Gasteiger partial charge is 0.476 e. The Morgan fingerprint density at radius 3 is 1.64 bits per heavy atom. The first-order valence-corrected chi connectivity index (χ1v) is 20.5. The maximum Gasteiger partial charge on any atom is 0.356 e. The number of amides is 1. The van der Waals surface area contributed by atoms with Crippen molar-refractivity contribution in [2.45, 2.75) is 38.8 Å². The fourth-order valence-electron chi connectivity index (χ4n) is 7.53. The molecular formula is C44H44Cl2N12O3. The highest BCUT2D eigenvalue weighted by molar-refractivity contribution is 6.30. The Balaban J connectivity index is 0.000000139. The van der Waals surface area contributed by atoms with Crippen LogP contribution in [-0.4, -0.2) is 93.6 Å². The van der Waals surface area contributed by atoms with E-state index in [0.717, 1.165) is 67.5 Å². The van der Waals surface area contributed by atoms with Crippen molar-refractivity contribution in [3.8, 4) is 11.4 Å². The van der Waals surface area contributed by atoms with Crippen molar-refractivity contribution in [2.24, 2.45) is 5.73 Å². The number of nitrogens with two attached hydrogens (primary N) is 1. The number of nitrogens with one attached hydrogen (secondary N) is 1. The number of carbonyl (C=O) groups excluding carboxylic acids is 1. The summed E-state index contributed by atoms with van der Waals surface area (Å²) in [6, 6.07) is 22.0. The van der Waals surface area contributed by atoms with Gasteiger partial charge in [0.1, 0.15) is 0 Å². The number of fused-ring (bicyclic) bond motifs is 2. The van der Waals surface area contributed by atoms with Crippen molar-refractivity contribution < 1.29 is 14.7 Å². The van der Waals surface area contributed by atoms with Crippen molar-refractivity contribution in [1.29, 1.82) is 0 Å². The molecule has 10 rings (SSSR count). The lowest BCUT2D eigenvalue weighted by atomic mass is 10.2. The number of hydrogen-bond donors (Lipinski definition) is 3. The van der Waals surface area contributed by atoms with Gasteiger partial charge in [0.25, 0.3) is 5.91 Å². The first-order chi connectivity index (χ1) is 29.5. The van der Waals surface area contributed by atoms with E-state index in [9.17, 15) is 9.59 Å². The summed E-state index contributed by atoms with van der Waals surface area (Å²) in [5.74, 6) is 0.823. The number of carbonyl (C=O) groups is 2. The third-order valence-corrected chi connectivity index (χ3v) is 11.2. The smallest absolute Gasteiger partial charge is 0.356 e. The number of rotatable bonds is 7. The van der Waals surface area contributed by atoms with Crippen molar-refractivity contribution in [1.82, 2.24) is 43.6 Å². The second-order valence-electron chi connectivity index (χ2n) is 15.0. The fourth-order valence-corrected chi connectivity index (χ4v) is 7.79. The van der Waals surface area contributed by atoms with Crippen LogP contribution in [0.4, 0.5) is 11.6 Å². The standard InChI is InChI=1S/C22H21ClN6O.C12H16N4.C10H7ClN2O2/c1-15-6-10-27-13-9-24-21(20(15)27)28-11-7-17(14-28)25-22(30)19-8-12-29(26-19)18-4-2-16(23)3-5-18;1-9-2-5-15-7-4-14-12(11(9)15)16-6-3-10(13)8-16;11-7-1-3-8(4-2-7)13-6-5-9(12-13)10(14)15/h2-6,8-10,12-13,17H,7,11,14H2,1H3,(H,25,30);2,4-5,7,10H,3,6,8,13H2,1H3;1-6H,(H,14,15)/t17-;10-;/m00./s1. The molecule has 61 heavy (non-hydrogen) atoms. The normalized spacial score (nSPS) is 16.0. The maximum absolute atomic E-state index is 12.7. The minimum atomic E-state index is -1.04. The topological polar surface area (TPSA) is 169 Å². The number of carboxylic acids is 1. The molecule has 15 nitrogen and oxygen atoms in total. The van der Waals surface area contributed by atoms with Crippen molar-refractivity contribution in [3.63, 3.8) is 0 Å². The Hall–Kier alpha value is -6.68. The molecule has 0 saturated carbocycles. The molecule has 1 amide bonds. The van der Waals surface area contributed by atoms with Crippen LogP contribution in [0.25, 0.3) is 22.4 Å². The summed E-state index contributed by atoms with van der Waals surface area (Å²) in [7, 11) is 0. The van der Waals surface area contributed by atoms with Crippen molar-refractivity contribution in [2.75, 3.05) is 36.0 Å². The zero-order chi connectivity index (χ0) is 42.6. The van der Waals surface area contributed by atoms with E-state index in [2.05, 4.69) is 76.3 Å². The average molecular weight is 860 g/mol. The molecule has 4 N–H and O–H groups in total. The minimum Gasteiger partial charge on any atom is -0.476 e. The summed E-state index contributed by atoms with van der Waals surface area (Å²) in [5.41, 5.74) is 12.8. The molecule has 0 spiro atoms. The molecule has 2 aromatic carbocycles. The Labute approximate surface area is 361 Å². The summed E-state index contributed by atoms with van der Waals surface area (Å²) in [5, 5.41) is 21.4. The van der Waals surface area contributed by atoms with Crippen LogP contribution in [0.3, 0.4) is 0 Å². The van der Waals surface area contributed by atoms with E-state index in [-0.39, 0.29) is 23.7 Å². The molecule has 2 saturated heterocycles. The molecule has 2 fully saturated rings. The summed E-state index contributed by atoms with van der Waals surface area (Å²) in [6.45, 7) is 7.71. The lowest BCUT2D eigenvalue weighted by Gasteiger charge is -2.19. The third kappa shape index (κ3) is 9.23. The number of hydrogen-bond acceptors (Lipinski definition) is 9. The number of aromatic carboxylic acids is 1. The molecule has 6 aromatic heterocycles. The van der Waals surface area contributed by atoms with Crippen LogP contribution in [0, 0.1) is 13.8 Å². The lowest BCUT2D eigenvalue weighted by Crippen LogP contribution is -2.37. The number of halogens is 2. The molecule has 17 heteroatoms. The lowest BCUT2D eigenvalue weighted by molar-refractivity contribution is 0.0689. The van der Waals surface area contributed by atoms with E-state index >= 15 is 0 Å². The van der Waals surface area contributed by atoms with E-state index in [0.29, 0.717) is 15.7 Å². The van der Waals surface area contributed by atoms with Gasteiger partial charge < -0.3 is 34.8 Å². The quantitative estimate of drug-likeness (QED) is 0.153. The zero-order valence-corrected chi connectivity index (χ0v) is 35.0. The molecule has 312 valence electrons. The van der Waals surface area contributed by atoms with Crippen LogP contribution < -0.4 is 20.9 Å². The highest BCUT2D eigenvalue weighted by Gasteiger charge is 2.28. The van der Waals surface area contributed by atoms with Gasteiger partial charge in [-0.05, 0) is 111 Å². The van der Waals surface area contributed by atoms with Crippen LogP contribution in [0.1, 0.15) is 44.9 Å². The number of anilines is 2. The molecule has 0 aliphatic carbocycles. The second kappa shape index (κ2) is 17.9. The van der Waals surface area contributed by atoms with Gasteiger partial charge in [0.2, 0.25) is 0 Å². The summed E-state index contributed by atoms with van der Waals surface area (Å²) in [6.07, 6.45) is 17.0. The predicted molar refractivity (Wildman–Crippen MR) is 237 cm³/mol. The third-order valence-electron chi connectivity index (χ3n) is 10.7. The van der Waals surface area contributed by atoms with E-state index in [4.69, 9.17) is 34.0 Å². The first-order valence-electron chi connectivity index (χ1n) is 19.8. The number of nitrogens with zero attached hydrogens (tertiary/aromatic N) is 10. The Kier molecular flexibility index (Phi) is 12.0. The average Bonchev–Trinajstić information content (AvgIpc) is 4.13. The van der Waals surface area contributed by atoms with Gasteiger partial charge >= 0.3 is 5.97 Å². The Morgan fingerprint density at radius 2 is 1.15 bits per heavy atom. The molecule has 8 aromatic rings. The number of aromatic nitrogens is 8. The zero-order valence-electron chi connectivity index (χ0n) is 33.5. The molecular weight excluding hydrogens is 815 g/mol. The molecule has 2 atom stereocenters. The minimum absolute atomic E-state index is 0.0185. The number of carboxylic acid groups (broad SMARTS) is 1. The molecule has 2 aliphatic heterocycles. The molecule has 2 aliphatic rings. The Bertz CT molecular complexity index is 2790. The van der Waals surface area contributed by atoms with Gasteiger partial charge in [-0.3, -0.25) is 4.79 Å². The van der Waals surface area contributed by atoms with Crippen molar-refractivity contribution in [3.05, 3.63) is 155 Å². The Morgan fingerprint density at radius 1 is 0.656 bits per heavy atom. The van der Waals surface area contributed by atoms with Crippen LogP contribution in [-0.2, 0) is 0 Å². The molecule has 0 unspecified atom stereocenters. The predicted octanol–water partition coefficient (Wildman–Crippen LogP) is 6.89. The highest BCUT2D eigenvalue weighted by atomic mass is 35.5. The maximum atomic E-state index is 12.7. The van der Waals surface area contributed by atoms with Gasteiger partial charge in [-0.25, -0.2) is 24.1 Å². The van der Waals surface area contributed by atoms with E-state index in [1.807, 2.05) is 43.1 Å². The molecule has 0 bridgehead atoms. The van der Waals surface area contributed by atoms with Crippen molar-refractivity contribution >= 4 is 57.7 Å². The SMILES string of the molecule is Cc1ccn2ccnc(N3CC[C@H](N)C3)c12.Cc1ccn2ccnc(N3CC[C@H](NC(=O)c4ccn(-c5ccc(Cl)cc5)n4)C3)c12.O=C(O)c1ccn(-c2ccc(Cl)cc2)n1. The molecule has 8 heterocycles. The van der Waals surface area contributed by atoms with Gasteiger partial charge in [0, 0.05) is 97.9 Å². The number of aryl methyl sites for hydroxylation is 2. The van der Waals surface area contributed by atoms with Crippen LogP contribution in [0.2, 0.25) is 10.0 Å². The van der Waals surface area contributed by atoms with Gasteiger partial charge in [0.15, 0.2) is 23.0 Å². The van der Waals surface area contributed by atoms with Gasteiger partial charge in [0.05, 0.1) is 22.4 Å². The highest BCUT2D eigenvalue weighted by Crippen LogP contribution is 2.27. The monoisotopic (exact) mass is 858 g/mol. The van der Waals surface area contributed by atoms with Crippen LogP contribution >= 0.6 is 23.2 Å². The van der Waals surface area contributed by atoms with Gasteiger partial charge in [-0.1, -0.05) is 23.2 Å². The van der Waals surface area contributed by atoms with E-state index < -0.39 is 5.97 Å². The van der Waals surface area contributed by atoms with Gasteiger partial charge in [-0.2, -0.15) is 10.2 Å². The summed E-state index contributed by atoms with van der Waals surface area (Å²) in [4.78, 5) is 37.0. The van der Waals surface area contributed by atoms with E-state index in [1.54, 1.807) is 59.5 Å².